The minimum atomic E-state index is -3.50. The SMILES string of the molecule is O=CCS(=O)(=O)c1cccc2ccccc12. The first-order valence-electron chi connectivity index (χ1n) is 4.79. The number of sulfone groups is 1. The van der Waals surface area contributed by atoms with Crippen LogP contribution >= 0.6 is 0 Å². The molecule has 0 N–H and O–H groups in total. The molecule has 0 fully saturated rings. The molecule has 0 aliphatic carbocycles. The summed E-state index contributed by atoms with van der Waals surface area (Å²) in [6.45, 7) is 0. The maximum atomic E-state index is 11.8. The van der Waals surface area contributed by atoms with E-state index in [0.29, 0.717) is 11.7 Å². The van der Waals surface area contributed by atoms with E-state index in [9.17, 15) is 13.2 Å². The zero-order valence-electron chi connectivity index (χ0n) is 8.46. The van der Waals surface area contributed by atoms with E-state index in [2.05, 4.69) is 0 Å². The van der Waals surface area contributed by atoms with Gasteiger partial charge in [-0.1, -0.05) is 36.4 Å². The van der Waals surface area contributed by atoms with Crippen molar-refractivity contribution in [2.75, 3.05) is 5.75 Å². The minimum absolute atomic E-state index is 0.220. The molecule has 2 rings (SSSR count). The van der Waals surface area contributed by atoms with Gasteiger partial charge in [-0.2, -0.15) is 0 Å². The van der Waals surface area contributed by atoms with Crippen LogP contribution in [0.3, 0.4) is 0 Å². The van der Waals surface area contributed by atoms with Gasteiger partial charge in [-0.15, -0.1) is 0 Å². The molecule has 0 saturated heterocycles. The number of aldehydes is 1. The Balaban J connectivity index is 2.75. The number of carbonyl (C=O) groups excluding carboxylic acids is 1. The molecule has 0 heterocycles. The zero-order chi connectivity index (χ0) is 11.6. The molecule has 0 amide bonds. The Bertz CT molecular complexity index is 624. The normalized spacial score (nSPS) is 11.5. The Morgan fingerprint density at radius 3 is 2.44 bits per heavy atom. The van der Waals surface area contributed by atoms with Crippen molar-refractivity contribution in [3.63, 3.8) is 0 Å². The van der Waals surface area contributed by atoms with E-state index in [1.807, 2.05) is 18.2 Å². The molecule has 3 nitrogen and oxygen atoms in total. The van der Waals surface area contributed by atoms with Crippen molar-refractivity contribution >= 4 is 26.9 Å². The summed E-state index contributed by atoms with van der Waals surface area (Å²) in [5.41, 5.74) is 0. The molecule has 0 bridgehead atoms. The lowest BCUT2D eigenvalue weighted by molar-refractivity contribution is -0.105. The largest absolute Gasteiger partial charge is 0.302 e. The molecule has 2 aromatic carbocycles. The van der Waals surface area contributed by atoms with Crippen molar-refractivity contribution in [2.45, 2.75) is 4.90 Å². The van der Waals surface area contributed by atoms with E-state index in [0.717, 1.165) is 5.39 Å². The van der Waals surface area contributed by atoms with Crippen molar-refractivity contribution in [3.05, 3.63) is 42.5 Å². The highest BCUT2D eigenvalue weighted by Gasteiger charge is 2.16. The monoisotopic (exact) mass is 234 g/mol. The van der Waals surface area contributed by atoms with Gasteiger partial charge in [0.2, 0.25) is 0 Å². The molecular formula is C12H10O3S. The maximum absolute atomic E-state index is 11.8. The third-order valence-corrected chi connectivity index (χ3v) is 3.97. The smallest absolute Gasteiger partial charge is 0.185 e. The van der Waals surface area contributed by atoms with Gasteiger partial charge in [-0.3, -0.25) is 0 Å². The molecule has 0 aliphatic rings. The Morgan fingerprint density at radius 2 is 1.69 bits per heavy atom. The van der Waals surface area contributed by atoms with Crippen LogP contribution in [0.2, 0.25) is 0 Å². The number of rotatable bonds is 3. The van der Waals surface area contributed by atoms with Gasteiger partial charge in [0.15, 0.2) is 9.84 Å². The van der Waals surface area contributed by atoms with Crippen molar-refractivity contribution in [1.82, 2.24) is 0 Å². The number of fused-ring (bicyclic) bond motifs is 1. The second-order valence-corrected chi connectivity index (χ2v) is 5.43. The Hall–Kier alpha value is -1.68. The standard InChI is InChI=1S/C12H10O3S/c13-8-9-16(14,15)12-7-3-5-10-4-1-2-6-11(10)12/h1-8H,9H2. The van der Waals surface area contributed by atoms with Gasteiger partial charge in [0.1, 0.15) is 12.0 Å². The second-order valence-electron chi connectivity index (χ2n) is 3.43. The molecular weight excluding hydrogens is 224 g/mol. The third kappa shape index (κ3) is 1.84. The van der Waals surface area contributed by atoms with Crippen molar-refractivity contribution in [3.8, 4) is 0 Å². The van der Waals surface area contributed by atoms with Crippen LogP contribution in [0.15, 0.2) is 47.4 Å². The van der Waals surface area contributed by atoms with Crippen LogP contribution in [0.25, 0.3) is 10.8 Å². The van der Waals surface area contributed by atoms with E-state index < -0.39 is 15.6 Å². The molecule has 0 radical (unpaired) electrons. The Labute approximate surface area is 93.6 Å². The van der Waals surface area contributed by atoms with Gasteiger partial charge in [0.25, 0.3) is 0 Å². The van der Waals surface area contributed by atoms with Gasteiger partial charge in [-0.25, -0.2) is 8.42 Å². The maximum Gasteiger partial charge on any atom is 0.185 e. The molecule has 0 unspecified atom stereocenters. The van der Waals surface area contributed by atoms with Crippen LogP contribution in [0.1, 0.15) is 0 Å². The first kappa shape index (κ1) is 10.8. The second kappa shape index (κ2) is 4.06. The number of carbonyl (C=O) groups is 1. The first-order chi connectivity index (χ1) is 7.65. The topological polar surface area (TPSA) is 51.2 Å². The van der Waals surface area contributed by atoms with Crippen LogP contribution < -0.4 is 0 Å². The molecule has 4 heteroatoms. The Morgan fingerprint density at radius 1 is 1.00 bits per heavy atom. The lowest BCUT2D eigenvalue weighted by Gasteiger charge is -2.05. The van der Waals surface area contributed by atoms with E-state index in [4.69, 9.17) is 0 Å². The summed E-state index contributed by atoms with van der Waals surface area (Å²) in [5.74, 6) is -0.471. The van der Waals surface area contributed by atoms with Crippen LogP contribution in [-0.2, 0) is 14.6 Å². The Kier molecular flexibility index (Phi) is 2.75. The lowest BCUT2D eigenvalue weighted by Crippen LogP contribution is -2.08. The quantitative estimate of drug-likeness (QED) is 0.761. The van der Waals surface area contributed by atoms with Crippen LogP contribution in [0.4, 0.5) is 0 Å². The van der Waals surface area contributed by atoms with Gasteiger partial charge in [-0.05, 0) is 11.5 Å². The van der Waals surface area contributed by atoms with Crippen molar-refractivity contribution in [1.29, 1.82) is 0 Å². The minimum Gasteiger partial charge on any atom is -0.302 e. The van der Waals surface area contributed by atoms with Crippen molar-refractivity contribution in [2.24, 2.45) is 0 Å². The number of benzene rings is 2. The molecule has 16 heavy (non-hydrogen) atoms. The van der Waals surface area contributed by atoms with E-state index in [-0.39, 0.29) is 4.90 Å². The highest BCUT2D eigenvalue weighted by atomic mass is 32.2. The number of hydrogen-bond acceptors (Lipinski definition) is 3. The summed E-state index contributed by atoms with van der Waals surface area (Å²) < 4.78 is 23.6. The van der Waals surface area contributed by atoms with Gasteiger partial charge in [0, 0.05) is 5.39 Å². The van der Waals surface area contributed by atoms with Crippen molar-refractivity contribution < 1.29 is 13.2 Å². The highest BCUT2D eigenvalue weighted by Crippen LogP contribution is 2.23. The predicted molar refractivity (Wildman–Crippen MR) is 62.1 cm³/mol. The fraction of sp³-hybridized carbons (Fsp3) is 0.0833. The molecule has 82 valence electrons. The average molecular weight is 234 g/mol. The fourth-order valence-electron chi connectivity index (χ4n) is 1.65. The van der Waals surface area contributed by atoms with Gasteiger partial charge < -0.3 is 4.79 Å². The highest BCUT2D eigenvalue weighted by molar-refractivity contribution is 7.92. The summed E-state index contributed by atoms with van der Waals surface area (Å²) >= 11 is 0. The van der Waals surface area contributed by atoms with Gasteiger partial charge >= 0.3 is 0 Å². The average Bonchev–Trinajstić information content (AvgIpc) is 2.28. The third-order valence-electron chi connectivity index (χ3n) is 2.37. The molecule has 2 aromatic rings. The molecule has 0 spiro atoms. The fourth-order valence-corrected chi connectivity index (χ4v) is 2.81. The lowest BCUT2D eigenvalue weighted by atomic mass is 10.1. The van der Waals surface area contributed by atoms with Crippen LogP contribution in [0, 0.1) is 0 Å². The van der Waals surface area contributed by atoms with E-state index in [1.165, 1.54) is 6.07 Å². The van der Waals surface area contributed by atoms with Gasteiger partial charge in [0.05, 0.1) is 4.90 Å². The molecule has 0 saturated carbocycles. The first-order valence-corrected chi connectivity index (χ1v) is 6.44. The van der Waals surface area contributed by atoms with Crippen LogP contribution in [0.5, 0.6) is 0 Å². The van der Waals surface area contributed by atoms with E-state index >= 15 is 0 Å². The summed E-state index contributed by atoms with van der Waals surface area (Å²) in [5, 5.41) is 1.52. The number of hydrogen-bond donors (Lipinski definition) is 0. The summed E-state index contributed by atoms with van der Waals surface area (Å²) in [4.78, 5) is 10.6. The summed E-state index contributed by atoms with van der Waals surface area (Å²) in [6.07, 6.45) is 0.414. The molecule has 0 aromatic heterocycles. The predicted octanol–water partition coefficient (Wildman–Crippen LogP) is 1.81. The zero-order valence-corrected chi connectivity index (χ0v) is 9.28. The summed E-state index contributed by atoms with van der Waals surface area (Å²) in [7, 11) is -3.50. The van der Waals surface area contributed by atoms with E-state index in [1.54, 1.807) is 18.2 Å². The summed E-state index contributed by atoms with van der Waals surface area (Å²) in [6, 6.07) is 12.3. The van der Waals surface area contributed by atoms with Crippen LogP contribution in [-0.4, -0.2) is 20.5 Å². The molecule has 0 aliphatic heterocycles. The molecule has 0 atom stereocenters.